The van der Waals surface area contributed by atoms with Crippen LogP contribution in [0.1, 0.15) is 84.0 Å². The average Bonchev–Trinajstić information content (AvgIpc) is 3.30. The Bertz CT molecular complexity index is 958. The van der Waals surface area contributed by atoms with Crippen molar-refractivity contribution in [2.75, 3.05) is 26.3 Å². The van der Waals surface area contributed by atoms with Gasteiger partial charge >= 0.3 is 5.97 Å². The SMILES string of the molecule is CC[C@]12/C=C\CCCOC(=O)[C@H]1[C@H]1C(=O)N(CCCCCCO)C3C(=O)N(C4CCCCC4)CC=C[C@@]31O2. The molecule has 4 aliphatic heterocycles. The molecule has 8 nitrogen and oxygen atoms in total. The number of fused-ring (bicyclic) bond motifs is 2. The van der Waals surface area contributed by atoms with Crippen LogP contribution in [-0.2, 0) is 23.9 Å². The van der Waals surface area contributed by atoms with Crippen LogP contribution < -0.4 is 0 Å². The molecular formula is C30H44N2O6. The summed E-state index contributed by atoms with van der Waals surface area (Å²) in [7, 11) is 0. The Kier molecular flexibility index (Phi) is 8.29. The zero-order chi connectivity index (χ0) is 26.8. The molecule has 0 bridgehead atoms. The summed E-state index contributed by atoms with van der Waals surface area (Å²) < 4.78 is 12.7. The Morgan fingerprint density at radius 3 is 2.50 bits per heavy atom. The van der Waals surface area contributed by atoms with Gasteiger partial charge in [-0.2, -0.15) is 0 Å². The van der Waals surface area contributed by atoms with Gasteiger partial charge in [-0.25, -0.2) is 0 Å². The predicted octanol–water partition coefficient (Wildman–Crippen LogP) is 3.52. The molecule has 1 N–H and O–H groups in total. The number of aliphatic hydroxyl groups is 1. The third-order valence-electron chi connectivity index (χ3n) is 9.49. The fourth-order valence-corrected chi connectivity index (χ4v) is 7.60. The summed E-state index contributed by atoms with van der Waals surface area (Å²) in [6, 6.07) is -0.626. The molecule has 0 aromatic carbocycles. The maximum Gasteiger partial charge on any atom is 0.313 e. The van der Waals surface area contributed by atoms with Gasteiger partial charge in [-0.1, -0.05) is 63.3 Å². The highest BCUT2D eigenvalue weighted by Gasteiger charge is 2.75. The molecule has 4 heterocycles. The third kappa shape index (κ3) is 4.61. The smallest absolute Gasteiger partial charge is 0.313 e. The van der Waals surface area contributed by atoms with Crippen molar-refractivity contribution >= 4 is 17.8 Å². The van der Waals surface area contributed by atoms with Gasteiger partial charge in [0.1, 0.15) is 23.2 Å². The molecule has 8 heteroatoms. The summed E-state index contributed by atoms with van der Waals surface area (Å²) in [5, 5.41) is 9.16. The van der Waals surface area contributed by atoms with Gasteiger partial charge in [-0.15, -0.1) is 0 Å². The molecule has 5 aliphatic rings. The van der Waals surface area contributed by atoms with E-state index in [1.165, 1.54) is 6.42 Å². The third-order valence-corrected chi connectivity index (χ3v) is 9.49. The van der Waals surface area contributed by atoms with E-state index in [0.29, 0.717) is 26.1 Å². The van der Waals surface area contributed by atoms with Gasteiger partial charge < -0.3 is 24.4 Å². The number of ether oxygens (including phenoxy) is 2. The lowest BCUT2D eigenvalue weighted by molar-refractivity contribution is -0.161. The normalized spacial score (nSPS) is 36.6. The van der Waals surface area contributed by atoms with E-state index < -0.39 is 35.0 Å². The van der Waals surface area contributed by atoms with E-state index in [4.69, 9.17) is 14.6 Å². The monoisotopic (exact) mass is 528 g/mol. The van der Waals surface area contributed by atoms with Crippen LogP contribution in [0.2, 0.25) is 0 Å². The largest absolute Gasteiger partial charge is 0.465 e. The lowest BCUT2D eigenvalue weighted by atomic mass is 9.73. The van der Waals surface area contributed by atoms with Gasteiger partial charge in [0.25, 0.3) is 0 Å². The number of aliphatic hydroxyl groups excluding tert-OH is 1. The Balaban J connectivity index is 1.55. The molecule has 1 saturated carbocycles. The molecule has 1 spiro atoms. The fourth-order valence-electron chi connectivity index (χ4n) is 7.60. The first-order chi connectivity index (χ1) is 18.5. The van der Waals surface area contributed by atoms with Crippen LogP contribution in [0, 0.1) is 11.8 Å². The van der Waals surface area contributed by atoms with Crippen LogP contribution in [0.15, 0.2) is 24.3 Å². The minimum absolute atomic E-state index is 0.0526. The van der Waals surface area contributed by atoms with Crippen molar-refractivity contribution in [3.8, 4) is 0 Å². The van der Waals surface area contributed by atoms with Gasteiger partial charge in [-0.05, 0) is 44.9 Å². The van der Waals surface area contributed by atoms with Crippen LogP contribution in [0.4, 0.5) is 0 Å². The molecule has 0 radical (unpaired) electrons. The second kappa shape index (κ2) is 11.5. The molecule has 0 aromatic heterocycles. The maximum atomic E-state index is 14.5. The van der Waals surface area contributed by atoms with E-state index in [0.717, 1.165) is 64.2 Å². The number of nitrogens with zero attached hydrogens (tertiary/aromatic N) is 2. The molecule has 1 aliphatic carbocycles. The number of amides is 2. The number of cyclic esters (lactones) is 1. The minimum Gasteiger partial charge on any atom is -0.465 e. The molecule has 5 rings (SSSR count). The summed E-state index contributed by atoms with van der Waals surface area (Å²) in [5.41, 5.74) is -2.19. The highest BCUT2D eigenvalue weighted by Crippen LogP contribution is 2.58. The summed E-state index contributed by atoms with van der Waals surface area (Å²) in [6.45, 7) is 3.39. The van der Waals surface area contributed by atoms with Gasteiger partial charge in [-0.3, -0.25) is 14.4 Å². The number of likely N-dealkylation sites (tertiary alicyclic amines) is 1. The van der Waals surface area contributed by atoms with Crippen molar-refractivity contribution in [3.63, 3.8) is 0 Å². The number of hydrogen-bond donors (Lipinski definition) is 1. The number of rotatable bonds is 8. The average molecular weight is 529 g/mol. The van der Waals surface area contributed by atoms with Crippen molar-refractivity contribution in [1.29, 1.82) is 0 Å². The molecule has 1 unspecified atom stereocenters. The van der Waals surface area contributed by atoms with E-state index in [1.54, 1.807) is 4.90 Å². The minimum atomic E-state index is -1.20. The van der Waals surface area contributed by atoms with Crippen molar-refractivity contribution in [3.05, 3.63) is 24.3 Å². The standard InChI is InChI=1S/C30H44N2O6/c1-2-29-16-9-6-12-21-37-28(36)24(29)23-26(34)32(18-10-3-4-11-20-33)25-27(35)31(22-14-7-5-8-15-22)19-13-17-30(23,25)38-29/h9,13,16-17,22-25,33H,2-8,10-12,14-15,18-21H2,1H3/b16-9-/t23-,24+,25?,29-,30-/m0/s1. The number of allylic oxidation sites excluding steroid dienone is 1. The van der Waals surface area contributed by atoms with Crippen LogP contribution >= 0.6 is 0 Å². The quantitative estimate of drug-likeness (QED) is 0.294. The Labute approximate surface area is 226 Å². The van der Waals surface area contributed by atoms with Crippen molar-refractivity contribution in [2.45, 2.75) is 107 Å². The first-order valence-corrected chi connectivity index (χ1v) is 14.9. The van der Waals surface area contributed by atoms with Crippen molar-refractivity contribution in [2.24, 2.45) is 11.8 Å². The number of carbonyl (C=O) groups excluding carboxylic acids is 3. The summed E-state index contributed by atoms with van der Waals surface area (Å²) in [5.74, 6) is -2.22. The highest BCUT2D eigenvalue weighted by atomic mass is 16.6. The second-order valence-electron chi connectivity index (χ2n) is 11.7. The van der Waals surface area contributed by atoms with Gasteiger partial charge in [0.2, 0.25) is 11.8 Å². The lowest BCUT2D eigenvalue weighted by Gasteiger charge is -2.40. The van der Waals surface area contributed by atoms with E-state index in [-0.39, 0.29) is 24.5 Å². The van der Waals surface area contributed by atoms with Crippen molar-refractivity contribution in [1.82, 2.24) is 9.80 Å². The van der Waals surface area contributed by atoms with Crippen LogP contribution in [0.25, 0.3) is 0 Å². The van der Waals surface area contributed by atoms with Gasteiger partial charge in [0.15, 0.2) is 0 Å². The number of esters is 1. The first kappa shape index (κ1) is 27.4. The maximum absolute atomic E-state index is 14.5. The van der Waals surface area contributed by atoms with E-state index in [9.17, 15) is 14.4 Å². The van der Waals surface area contributed by atoms with Crippen LogP contribution in [-0.4, -0.2) is 82.3 Å². The topological polar surface area (TPSA) is 96.4 Å². The van der Waals surface area contributed by atoms with E-state index in [2.05, 4.69) is 0 Å². The van der Waals surface area contributed by atoms with Crippen molar-refractivity contribution < 1.29 is 29.0 Å². The van der Waals surface area contributed by atoms with Crippen LogP contribution in [0.5, 0.6) is 0 Å². The molecule has 2 saturated heterocycles. The molecule has 0 aromatic rings. The zero-order valence-electron chi connectivity index (χ0n) is 22.8. The fraction of sp³-hybridized carbons (Fsp3) is 0.767. The lowest BCUT2D eigenvalue weighted by Crippen LogP contribution is -2.57. The van der Waals surface area contributed by atoms with Crippen LogP contribution in [0.3, 0.4) is 0 Å². The summed E-state index contributed by atoms with van der Waals surface area (Å²) in [4.78, 5) is 46.1. The Hall–Kier alpha value is -2.19. The predicted molar refractivity (Wildman–Crippen MR) is 142 cm³/mol. The second-order valence-corrected chi connectivity index (χ2v) is 11.7. The number of hydrogen-bond acceptors (Lipinski definition) is 6. The number of carbonyl (C=O) groups is 3. The highest BCUT2D eigenvalue weighted by molar-refractivity contribution is 5.99. The zero-order valence-corrected chi connectivity index (χ0v) is 22.8. The van der Waals surface area contributed by atoms with Gasteiger partial charge in [0, 0.05) is 25.7 Å². The van der Waals surface area contributed by atoms with Gasteiger partial charge in [0.05, 0.1) is 12.5 Å². The van der Waals surface area contributed by atoms with E-state index >= 15 is 0 Å². The molecular weight excluding hydrogens is 484 g/mol. The molecule has 38 heavy (non-hydrogen) atoms. The van der Waals surface area contributed by atoms with E-state index in [1.807, 2.05) is 36.1 Å². The number of unbranched alkanes of at least 4 members (excludes halogenated alkanes) is 3. The summed E-state index contributed by atoms with van der Waals surface area (Å²) >= 11 is 0. The summed E-state index contributed by atoms with van der Waals surface area (Å²) in [6.07, 6.45) is 18.6. The Morgan fingerprint density at radius 1 is 0.947 bits per heavy atom. The first-order valence-electron chi connectivity index (χ1n) is 14.9. The molecule has 3 fully saturated rings. The molecule has 2 amide bonds. The Morgan fingerprint density at radius 2 is 1.74 bits per heavy atom. The molecule has 210 valence electrons. The molecule has 5 atom stereocenters.